The Morgan fingerprint density at radius 2 is 2.20 bits per heavy atom. The van der Waals surface area contributed by atoms with Gasteiger partial charge in [0.15, 0.2) is 0 Å². The van der Waals surface area contributed by atoms with Crippen molar-refractivity contribution in [1.29, 1.82) is 5.26 Å². The van der Waals surface area contributed by atoms with Gasteiger partial charge in [-0.05, 0) is 30.5 Å². The van der Waals surface area contributed by atoms with Crippen molar-refractivity contribution in [2.75, 3.05) is 13.1 Å². The molecule has 1 N–H and O–H groups in total. The van der Waals surface area contributed by atoms with Crippen molar-refractivity contribution in [3.8, 4) is 6.07 Å². The fourth-order valence-electron chi connectivity index (χ4n) is 2.16. The molecule has 1 aliphatic heterocycles. The maximum absolute atomic E-state index is 12.5. The number of benzene rings is 1. The van der Waals surface area contributed by atoms with Crippen molar-refractivity contribution in [3.05, 3.63) is 28.8 Å². The highest BCUT2D eigenvalue weighted by molar-refractivity contribution is 7.89. The Kier molecular flexibility index (Phi) is 4.35. The minimum absolute atomic E-state index is 0.0251. The van der Waals surface area contributed by atoms with E-state index in [1.54, 1.807) is 0 Å². The molecule has 2 atom stereocenters. The smallest absolute Gasteiger partial charge is 0.244 e. The average Bonchev–Trinajstić information content (AvgIpc) is 2.41. The number of β-amino-alcohol motifs (C(OH)–C–C–N with tert-alkyl or cyclic N) is 1. The molecule has 7 heteroatoms. The van der Waals surface area contributed by atoms with Crippen LogP contribution >= 0.6 is 11.6 Å². The summed E-state index contributed by atoms with van der Waals surface area (Å²) < 4.78 is 26.3. The molecule has 1 heterocycles. The van der Waals surface area contributed by atoms with Gasteiger partial charge in [0.25, 0.3) is 0 Å². The number of aliphatic hydroxyl groups is 1. The van der Waals surface area contributed by atoms with Crippen molar-refractivity contribution < 1.29 is 13.5 Å². The maximum Gasteiger partial charge on any atom is 0.244 e. The van der Waals surface area contributed by atoms with Gasteiger partial charge >= 0.3 is 0 Å². The zero-order valence-electron chi connectivity index (χ0n) is 11.0. The Labute approximate surface area is 123 Å². The molecular formula is C13H15ClN2O3S. The summed E-state index contributed by atoms with van der Waals surface area (Å²) in [4.78, 5) is -0.0279. The van der Waals surface area contributed by atoms with Gasteiger partial charge in [0.05, 0.1) is 22.8 Å². The Balaban J connectivity index is 2.34. The van der Waals surface area contributed by atoms with Gasteiger partial charge in [0.1, 0.15) is 4.90 Å². The van der Waals surface area contributed by atoms with Crippen LogP contribution < -0.4 is 0 Å². The number of rotatable bonds is 2. The zero-order valence-corrected chi connectivity index (χ0v) is 12.5. The van der Waals surface area contributed by atoms with Gasteiger partial charge in [-0.25, -0.2) is 8.42 Å². The third kappa shape index (κ3) is 2.81. The molecule has 0 bridgehead atoms. The maximum atomic E-state index is 12.5. The second kappa shape index (κ2) is 5.70. The lowest BCUT2D eigenvalue weighted by atomic mass is 9.98. The summed E-state index contributed by atoms with van der Waals surface area (Å²) in [6.07, 6.45) is -0.0652. The van der Waals surface area contributed by atoms with Crippen molar-refractivity contribution in [2.24, 2.45) is 5.92 Å². The van der Waals surface area contributed by atoms with E-state index in [0.29, 0.717) is 18.5 Å². The quantitative estimate of drug-likeness (QED) is 0.899. The van der Waals surface area contributed by atoms with E-state index in [1.165, 1.54) is 22.5 Å². The van der Waals surface area contributed by atoms with E-state index < -0.39 is 16.1 Å². The van der Waals surface area contributed by atoms with E-state index in [0.717, 1.165) is 0 Å². The number of aliphatic hydroxyl groups excluding tert-OH is 1. The second-order valence-corrected chi connectivity index (χ2v) is 7.27. The minimum Gasteiger partial charge on any atom is -0.391 e. The normalized spacial score (nSPS) is 24.3. The van der Waals surface area contributed by atoms with Crippen molar-refractivity contribution in [3.63, 3.8) is 0 Å². The van der Waals surface area contributed by atoms with Crippen LogP contribution in [0.1, 0.15) is 18.9 Å². The number of hydrogen-bond donors (Lipinski definition) is 1. The molecule has 0 saturated carbocycles. The van der Waals surface area contributed by atoms with Gasteiger partial charge in [-0.3, -0.25) is 0 Å². The summed E-state index contributed by atoms with van der Waals surface area (Å²) >= 11 is 5.96. The van der Waals surface area contributed by atoms with E-state index in [2.05, 4.69) is 0 Å². The monoisotopic (exact) mass is 314 g/mol. The van der Waals surface area contributed by atoms with Crippen LogP contribution in [0.25, 0.3) is 0 Å². The highest BCUT2D eigenvalue weighted by atomic mass is 35.5. The summed E-state index contributed by atoms with van der Waals surface area (Å²) in [7, 11) is -3.74. The topological polar surface area (TPSA) is 81.4 Å². The molecule has 2 rings (SSSR count). The molecule has 108 valence electrons. The number of nitriles is 1. The molecule has 0 amide bonds. The molecule has 20 heavy (non-hydrogen) atoms. The van der Waals surface area contributed by atoms with E-state index in [4.69, 9.17) is 16.9 Å². The third-order valence-electron chi connectivity index (χ3n) is 3.56. The van der Waals surface area contributed by atoms with E-state index >= 15 is 0 Å². The van der Waals surface area contributed by atoms with E-state index in [9.17, 15) is 13.5 Å². The predicted molar refractivity (Wildman–Crippen MR) is 74.7 cm³/mol. The first-order valence-electron chi connectivity index (χ1n) is 6.24. The minimum atomic E-state index is -3.74. The van der Waals surface area contributed by atoms with Crippen LogP contribution in [0.4, 0.5) is 0 Å². The van der Waals surface area contributed by atoms with Gasteiger partial charge in [0, 0.05) is 13.1 Å². The average molecular weight is 315 g/mol. The van der Waals surface area contributed by atoms with Gasteiger partial charge in [-0.1, -0.05) is 18.5 Å². The number of hydrogen-bond acceptors (Lipinski definition) is 4. The number of nitrogens with zero attached hydrogens (tertiary/aromatic N) is 2. The summed E-state index contributed by atoms with van der Waals surface area (Å²) in [5, 5.41) is 18.6. The SMILES string of the molecule is C[C@H]1CCN(S(=O)(=O)c2ccc(C#N)cc2Cl)C[C@H]1O. The molecule has 1 aromatic carbocycles. The third-order valence-corrected chi connectivity index (χ3v) is 5.91. The molecule has 1 saturated heterocycles. The molecule has 0 unspecified atom stereocenters. The Hall–Kier alpha value is -1.13. The predicted octanol–water partition coefficient (Wildman–Crippen LogP) is 1.60. The van der Waals surface area contributed by atoms with Gasteiger partial charge < -0.3 is 5.11 Å². The van der Waals surface area contributed by atoms with E-state index in [1.807, 2.05) is 13.0 Å². The Morgan fingerprint density at radius 1 is 1.50 bits per heavy atom. The molecule has 0 aliphatic carbocycles. The zero-order chi connectivity index (χ0) is 14.9. The summed E-state index contributed by atoms with van der Waals surface area (Å²) in [5.74, 6) is 0.0814. The van der Waals surface area contributed by atoms with Crippen LogP contribution in [0.15, 0.2) is 23.1 Å². The lowest BCUT2D eigenvalue weighted by Crippen LogP contribution is -2.45. The van der Waals surface area contributed by atoms with Crippen molar-refractivity contribution in [2.45, 2.75) is 24.3 Å². The van der Waals surface area contributed by atoms with Gasteiger partial charge in [-0.2, -0.15) is 9.57 Å². The molecule has 0 radical (unpaired) electrons. The van der Waals surface area contributed by atoms with Crippen LogP contribution in [-0.4, -0.2) is 37.0 Å². The fraction of sp³-hybridized carbons (Fsp3) is 0.462. The van der Waals surface area contributed by atoms with Crippen LogP contribution in [0.3, 0.4) is 0 Å². The molecule has 1 aromatic rings. The highest BCUT2D eigenvalue weighted by Gasteiger charge is 2.33. The lowest BCUT2D eigenvalue weighted by molar-refractivity contribution is 0.0605. The fourth-order valence-corrected chi connectivity index (χ4v) is 4.15. The van der Waals surface area contributed by atoms with Crippen LogP contribution in [0, 0.1) is 17.2 Å². The lowest BCUT2D eigenvalue weighted by Gasteiger charge is -2.33. The summed E-state index contributed by atoms with van der Waals surface area (Å²) in [5.41, 5.74) is 0.307. The van der Waals surface area contributed by atoms with Crippen LogP contribution in [-0.2, 0) is 10.0 Å². The Bertz CT molecular complexity index is 654. The highest BCUT2D eigenvalue weighted by Crippen LogP contribution is 2.28. The van der Waals surface area contributed by atoms with Crippen molar-refractivity contribution >= 4 is 21.6 Å². The molecule has 0 aromatic heterocycles. The largest absolute Gasteiger partial charge is 0.391 e. The summed E-state index contributed by atoms with van der Waals surface area (Å²) in [6.45, 7) is 2.32. The first kappa shape index (κ1) is 15.3. The molecule has 1 fully saturated rings. The van der Waals surface area contributed by atoms with Crippen LogP contribution in [0.5, 0.6) is 0 Å². The second-order valence-electron chi connectivity index (χ2n) is 4.95. The number of halogens is 1. The van der Waals surface area contributed by atoms with Gasteiger partial charge in [0.2, 0.25) is 10.0 Å². The van der Waals surface area contributed by atoms with Gasteiger partial charge in [-0.15, -0.1) is 0 Å². The van der Waals surface area contributed by atoms with Crippen LogP contribution in [0.2, 0.25) is 5.02 Å². The first-order chi connectivity index (χ1) is 9.36. The standard InChI is InChI=1S/C13H15ClN2O3S/c1-9-4-5-16(8-12(9)17)20(18,19)13-3-2-10(7-15)6-11(13)14/h2-3,6,9,12,17H,4-5,8H2,1H3/t9-,12+/m0/s1. The number of sulfonamides is 1. The Morgan fingerprint density at radius 3 is 2.75 bits per heavy atom. The molecule has 0 spiro atoms. The molecule has 1 aliphatic rings. The molecular weight excluding hydrogens is 300 g/mol. The first-order valence-corrected chi connectivity index (χ1v) is 8.06. The van der Waals surface area contributed by atoms with Crippen molar-refractivity contribution in [1.82, 2.24) is 4.31 Å². The molecule has 5 nitrogen and oxygen atoms in total. The summed E-state index contributed by atoms with van der Waals surface area (Å²) in [6, 6.07) is 5.99. The number of piperidine rings is 1. The van der Waals surface area contributed by atoms with E-state index in [-0.39, 0.29) is 22.4 Å².